The zero-order valence-electron chi connectivity index (χ0n) is 10.5. The molecule has 0 unspecified atom stereocenters. The molecule has 0 aliphatic heterocycles. The number of halogens is 1. The molecule has 0 aliphatic rings. The Morgan fingerprint density at radius 2 is 2.26 bits per heavy atom. The Balaban J connectivity index is 1.68. The van der Waals surface area contributed by atoms with Crippen LogP contribution in [0.3, 0.4) is 0 Å². The molecular weight excluding hydrogens is 278 g/mol. The molecular formula is C14H14ClN3S. The van der Waals surface area contributed by atoms with Crippen LogP contribution in [0.25, 0.3) is 10.9 Å². The minimum Gasteiger partial charge on any atom is -0.361 e. The topological polar surface area (TPSA) is 40.7 Å². The van der Waals surface area contributed by atoms with Crippen molar-refractivity contribution in [3.63, 3.8) is 0 Å². The smallest absolute Gasteiger partial charge is 0.0897 e. The second kappa shape index (κ2) is 5.33. The van der Waals surface area contributed by atoms with Gasteiger partial charge >= 0.3 is 0 Å². The van der Waals surface area contributed by atoms with Gasteiger partial charge < -0.3 is 10.3 Å². The lowest BCUT2D eigenvalue weighted by molar-refractivity contribution is 0.703. The lowest BCUT2D eigenvalue weighted by Crippen LogP contribution is -2.11. The Kier molecular flexibility index (Phi) is 3.55. The molecule has 0 fully saturated rings. The maximum atomic E-state index is 5.97. The molecule has 0 spiro atoms. The molecule has 5 heteroatoms. The number of nitrogens with zero attached hydrogens (tertiary/aromatic N) is 1. The first kappa shape index (κ1) is 12.7. The van der Waals surface area contributed by atoms with E-state index in [-0.39, 0.29) is 0 Å². The molecule has 1 aromatic carbocycles. The van der Waals surface area contributed by atoms with Crippen molar-refractivity contribution in [3.05, 3.63) is 51.1 Å². The molecule has 0 aliphatic carbocycles. The van der Waals surface area contributed by atoms with Gasteiger partial charge in [-0.3, -0.25) is 0 Å². The Hall–Kier alpha value is -1.36. The largest absolute Gasteiger partial charge is 0.361 e. The molecule has 2 aromatic heterocycles. The number of aromatic amines is 1. The third-order valence-corrected chi connectivity index (χ3v) is 4.16. The Morgan fingerprint density at radius 3 is 3.05 bits per heavy atom. The zero-order valence-corrected chi connectivity index (χ0v) is 12.1. The molecule has 0 atom stereocenters. The molecule has 19 heavy (non-hydrogen) atoms. The van der Waals surface area contributed by atoms with E-state index in [9.17, 15) is 0 Å². The molecule has 3 nitrogen and oxygen atoms in total. The summed E-state index contributed by atoms with van der Waals surface area (Å²) in [6, 6.07) is 5.93. The fourth-order valence-electron chi connectivity index (χ4n) is 2.11. The summed E-state index contributed by atoms with van der Waals surface area (Å²) in [6.07, 6.45) is 3.97. The molecule has 3 rings (SSSR count). The molecule has 0 amide bonds. The van der Waals surface area contributed by atoms with Crippen LogP contribution in [0.1, 0.15) is 15.4 Å². The van der Waals surface area contributed by atoms with E-state index in [4.69, 9.17) is 11.6 Å². The van der Waals surface area contributed by atoms with Gasteiger partial charge in [-0.15, -0.1) is 11.3 Å². The van der Waals surface area contributed by atoms with E-state index in [2.05, 4.69) is 21.4 Å². The van der Waals surface area contributed by atoms with Crippen LogP contribution in [0.5, 0.6) is 0 Å². The third-order valence-electron chi connectivity index (χ3n) is 3.01. The number of rotatable bonds is 4. The molecule has 0 saturated carbocycles. The monoisotopic (exact) mass is 291 g/mol. The van der Waals surface area contributed by atoms with Crippen LogP contribution in [0.15, 0.2) is 30.6 Å². The van der Waals surface area contributed by atoms with Gasteiger partial charge in [0.15, 0.2) is 0 Å². The van der Waals surface area contributed by atoms with E-state index in [1.54, 1.807) is 11.3 Å². The standard InChI is InChI=1S/C14H14ClN3S/c1-9-17-8-12(19-9)7-16-5-10-6-18-14-4-11(15)2-3-13(10)14/h2-4,6,8,16,18H,5,7H2,1H3. The lowest BCUT2D eigenvalue weighted by Gasteiger charge is -2.01. The van der Waals surface area contributed by atoms with Crippen LogP contribution in [0, 0.1) is 6.92 Å². The first-order valence-corrected chi connectivity index (χ1v) is 7.29. The van der Waals surface area contributed by atoms with Crippen LogP contribution in [-0.4, -0.2) is 9.97 Å². The maximum absolute atomic E-state index is 5.97. The van der Waals surface area contributed by atoms with Gasteiger partial charge in [0, 0.05) is 46.3 Å². The van der Waals surface area contributed by atoms with E-state index in [1.165, 1.54) is 15.8 Å². The molecule has 3 aromatic rings. The molecule has 0 saturated heterocycles. The van der Waals surface area contributed by atoms with Crippen molar-refractivity contribution in [1.82, 2.24) is 15.3 Å². The summed E-state index contributed by atoms with van der Waals surface area (Å²) >= 11 is 7.71. The average molecular weight is 292 g/mol. The second-order valence-electron chi connectivity index (χ2n) is 4.45. The van der Waals surface area contributed by atoms with Crippen molar-refractivity contribution in [2.45, 2.75) is 20.0 Å². The van der Waals surface area contributed by atoms with E-state index >= 15 is 0 Å². The quantitative estimate of drug-likeness (QED) is 0.766. The first-order chi connectivity index (χ1) is 9.22. The van der Waals surface area contributed by atoms with Crippen molar-refractivity contribution in [3.8, 4) is 0 Å². The molecule has 98 valence electrons. The lowest BCUT2D eigenvalue weighted by atomic mass is 10.2. The summed E-state index contributed by atoms with van der Waals surface area (Å²) < 4.78 is 0. The second-order valence-corrected chi connectivity index (χ2v) is 6.21. The number of aromatic nitrogens is 2. The van der Waals surface area contributed by atoms with Crippen molar-refractivity contribution >= 4 is 33.8 Å². The number of aryl methyl sites for hydroxylation is 1. The van der Waals surface area contributed by atoms with Gasteiger partial charge in [0.05, 0.1) is 5.01 Å². The minimum absolute atomic E-state index is 0.758. The number of benzene rings is 1. The number of thiazole rings is 1. The molecule has 2 heterocycles. The van der Waals surface area contributed by atoms with Gasteiger partial charge in [0.25, 0.3) is 0 Å². The Labute approximate surface area is 120 Å². The van der Waals surface area contributed by atoms with Gasteiger partial charge in [-0.25, -0.2) is 4.98 Å². The highest BCUT2D eigenvalue weighted by Gasteiger charge is 2.04. The molecule has 2 N–H and O–H groups in total. The summed E-state index contributed by atoms with van der Waals surface area (Å²) in [5.74, 6) is 0. The number of nitrogens with one attached hydrogen (secondary N) is 2. The van der Waals surface area contributed by atoms with E-state index in [0.29, 0.717) is 0 Å². The third kappa shape index (κ3) is 2.81. The van der Waals surface area contributed by atoms with Crippen molar-refractivity contribution in [2.75, 3.05) is 0 Å². The highest BCUT2D eigenvalue weighted by atomic mass is 35.5. The van der Waals surface area contributed by atoms with Gasteiger partial charge in [0.2, 0.25) is 0 Å². The molecule has 0 bridgehead atoms. The summed E-state index contributed by atoms with van der Waals surface area (Å²) in [5.41, 5.74) is 2.34. The zero-order chi connectivity index (χ0) is 13.2. The molecule has 0 radical (unpaired) electrons. The number of fused-ring (bicyclic) bond motifs is 1. The first-order valence-electron chi connectivity index (χ1n) is 6.10. The number of H-pyrrole nitrogens is 1. The predicted molar refractivity (Wildman–Crippen MR) is 80.7 cm³/mol. The summed E-state index contributed by atoms with van der Waals surface area (Å²) in [6.45, 7) is 3.71. The summed E-state index contributed by atoms with van der Waals surface area (Å²) in [7, 11) is 0. The maximum Gasteiger partial charge on any atom is 0.0897 e. The fraction of sp³-hybridized carbons (Fsp3) is 0.214. The van der Waals surface area contributed by atoms with Crippen LogP contribution >= 0.6 is 22.9 Å². The van der Waals surface area contributed by atoms with Gasteiger partial charge in [-0.1, -0.05) is 17.7 Å². The minimum atomic E-state index is 0.758. The Bertz CT molecular complexity index is 702. The Morgan fingerprint density at radius 1 is 1.37 bits per heavy atom. The number of hydrogen-bond acceptors (Lipinski definition) is 3. The highest BCUT2D eigenvalue weighted by Crippen LogP contribution is 2.22. The normalized spacial score (nSPS) is 11.3. The fourth-order valence-corrected chi connectivity index (χ4v) is 3.05. The van der Waals surface area contributed by atoms with Crippen LogP contribution in [0.4, 0.5) is 0 Å². The number of hydrogen-bond donors (Lipinski definition) is 2. The van der Waals surface area contributed by atoms with Crippen molar-refractivity contribution in [2.24, 2.45) is 0 Å². The van der Waals surface area contributed by atoms with E-state index in [1.807, 2.05) is 31.5 Å². The van der Waals surface area contributed by atoms with E-state index < -0.39 is 0 Å². The predicted octanol–water partition coefficient (Wildman–Crippen LogP) is 3.88. The van der Waals surface area contributed by atoms with Crippen LogP contribution < -0.4 is 5.32 Å². The highest BCUT2D eigenvalue weighted by molar-refractivity contribution is 7.11. The summed E-state index contributed by atoms with van der Waals surface area (Å²) in [5, 5.41) is 6.53. The summed E-state index contributed by atoms with van der Waals surface area (Å²) in [4.78, 5) is 8.76. The van der Waals surface area contributed by atoms with E-state index in [0.717, 1.165) is 28.6 Å². The average Bonchev–Trinajstić information content (AvgIpc) is 2.96. The van der Waals surface area contributed by atoms with Gasteiger partial charge in [0.1, 0.15) is 0 Å². The van der Waals surface area contributed by atoms with Crippen LogP contribution in [-0.2, 0) is 13.1 Å². The van der Waals surface area contributed by atoms with Crippen molar-refractivity contribution < 1.29 is 0 Å². The van der Waals surface area contributed by atoms with Gasteiger partial charge in [-0.05, 0) is 24.6 Å². The van der Waals surface area contributed by atoms with Crippen molar-refractivity contribution in [1.29, 1.82) is 0 Å². The van der Waals surface area contributed by atoms with Crippen LogP contribution in [0.2, 0.25) is 5.02 Å². The SMILES string of the molecule is Cc1ncc(CNCc2c[nH]c3cc(Cl)ccc23)s1. The van der Waals surface area contributed by atoms with Gasteiger partial charge in [-0.2, -0.15) is 0 Å².